The Bertz CT molecular complexity index is 1300. The summed E-state index contributed by atoms with van der Waals surface area (Å²) in [7, 11) is 0. The summed E-state index contributed by atoms with van der Waals surface area (Å²) in [6, 6.07) is 15.8. The molecule has 6 heteroatoms. The molecule has 4 nitrogen and oxygen atoms in total. The summed E-state index contributed by atoms with van der Waals surface area (Å²) in [6.07, 6.45) is 9.65. The van der Waals surface area contributed by atoms with Gasteiger partial charge in [0, 0.05) is 52.9 Å². The van der Waals surface area contributed by atoms with E-state index in [2.05, 4.69) is 28.9 Å². The van der Waals surface area contributed by atoms with E-state index in [0.717, 1.165) is 59.7 Å². The van der Waals surface area contributed by atoms with Crippen molar-refractivity contribution < 1.29 is 0 Å². The van der Waals surface area contributed by atoms with Crippen molar-refractivity contribution in [1.29, 1.82) is 0 Å². The van der Waals surface area contributed by atoms with Crippen molar-refractivity contribution >= 4 is 39.8 Å². The third kappa shape index (κ3) is 6.46. The van der Waals surface area contributed by atoms with Crippen LogP contribution in [0, 0.1) is 0 Å². The Labute approximate surface area is 217 Å². The normalized spacial score (nSPS) is 15.7. The second-order valence-corrected chi connectivity index (χ2v) is 9.82. The fourth-order valence-electron chi connectivity index (χ4n) is 4.65. The highest BCUT2D eigenvalue weighted by molar-refractivity contribution is 6.31. The van der Waals surface area contributed by atoms with Crippen LogP contribution in [0.25, 0.3) is 10.9 Å². The Morgan fingerprint density at radius 2 is 1.80 bits per heavy atom. The zero-order chi connectivity index (χ0) is 24.8. The molecule has 0 bridgehead atoms. The van der Waals surface area contributed by atoms with Gasteiger partial charge in [0.2, 0.25) is 0 Å². The second kappa shape index (κ2) is 11.8. The van der Waals surface area contributed by atoms with Crippen LogP contribution in [-0.4, -0.2) is 28.6 Å². The minimum absolute atomic E-state index is 0.0398. The molecule has 182 valence electrons. The van der Waals surface area contributed by atoms with Crippen LogP contribution in [-0.2, 0) is 13.1 Å². The molecule has 1 aromatic heterocycles. The highest BCUT2D eigenvalue weighted by atomic mass is 35.5. The van der Waals surface area contributed by atoms with E-state index in [1.807, 2.05) is 55.5 Å². The number of allylic oxidation sites excluding steroid dienone is 5. The topological polar surface area (TPSA) is 37.3 Å². The first kappa shape index (κ1) is 25.3. The molecule has 0 aliphatic carbocycles. The number of piperidine rings is 1. The van der Waals surface area contributed by atoms with Crippen molar-refractivity contribution in [2.75, 3.05) is 18.4 Å². The molecular formula is C29H31Cl2N3O. The van der Waals surface area contributed by atoms with Crippen molar-refractivity contribution in [3.05, 3.63) is 111 Å². The second-order valence-electron chi connectivity index (χ2n) is 8.94. The van der Waals surface area contributed by atoms with E-state index in [9.17, 15) is 4.79 Å². The van der Waals surface area contributed by atoms with Gasteiger partial charge in [-0.05, 0) is 61.2 Å². The number of rotatable bonds is 8. The molecule has 0 amide bonds. The number of anilines is 1. The lowest BCUT2D eigenvalue weighted by molar-refractivity contribution is 0.211. The number of hydrogen-bond donors (Lipinski definition) is 1. The van der Waals surface area contributed by atoms with Crippen LogP contribution in [0.3, 0.4) is 0 Å². The van der Waals surface area contributed by atoms with Crippen LogP contribution < -0.4 is 10.9 Å². The van der Waals surface area contributed by atoms with Gasteiger partial charge in [-0.25, -0.2) is 0 Å². The molecule has 0 saturated carbocycles. The Balaban J connectivity index is 1.52. The number of nitrogens with zero attached hydrogens (tertiary/aromatic N) is 2. The van der Waals surface area contributed by atoms with Gasteiger partial charge in [0.05, 0.1) is 12.1 Å². The largest absolute Gasteiger partial charge is 0.382 e. The third-order valence-corrected chi connectivity index (χ3v) is 6.88. The summed E-state index contributed by atoms with van der Waals surface area (Å²) in [5.74, 6) is 0. The van der Waals surface area contributed by atoms with Gasteiger partial charge in [-0.15, -0.1) is 0 Å². The first-order valence-corrected chi connectivity index (χ1v) is 12.7. The maximum Gasteiger partial charge on any atom is 0.253 e. The molecule has 1 N–H and O–H groups in total. The van der Waals surface area contributed by atoms with Crippen LogP contribution in [0.15, 0.2) is 89.8 Å². The van der Waals surface area contributed by atoms with Crippen molar-refractivity contribution in [3.63, 3.8) is 0 Å². The van der Waals surface area contributed by atoms with Crippen LogP contribution in [0.4, 0.5) is 5.69 Å². The van der Waals surface area contributed by atoms with E-state index < -0.39 is 0 Å². The minimum atomic E-state index is -0.0398. The predicted octanol–water partition coefficient (Wildman–Crippen LogP) is 7.07. The summed E-state index contributed by atoms with van der Waals surface area (Å²) in [4.78, 5) is 15.7. The number of hydrogen-bond acceptors (Lipinski definition) is 3. The van der Waals surface area contributed by atoms with Crippen LogP contribution >= 0.6 is 23.2 Å². The molecule has 0 radical (unpaired) electrons. The quantitative estimate of drug-likeness (QED) is 0.331. The molecule has 1 fully saturated rings. The first-order chi connectivity index (χ1) is 17.0. The summed E-state index contributed by atoms with van der Waals surface area (Å²) in [5.41, 5.74) is 3.95. The van der Waals surface area contributed by atoms with Gasteiger partial charge in [0.15, 0.2) is 0 Å². The molecule has 1 saturated heterocycles. The molecule has 2 aromatic carbocycles. The lowest BCUT2D eigenvalue weighted by Crippen LogP contribution is -2.39. The molecule has 1 aliphatic rings. The molecule has 0 unspecified atom stereocenters. The molecule has 3 aromatic rings. The number of fused-ring (bicyclic) bond motifs is 1. The van der Waals surface area contributed by atoms with E-state index in [0.29, 0.717) is 17.6 Å². The third-order valence-electron chi connectivity index (χ3n) is 6.39. The first-order valence-electron chi connectivity index (χ1n) is 12.0. The number of benzene rings is 2. The maximum absolute atomic E-state index is 13.2. The van der Waals surface area contributed by atoms with Gasteiger partial charge in [-0.1, -0.05) is 66.2 Å². The highest BCUT2D eigenvalue weighted by Crippen LogP contribution is 2.28. The molecular weight excluding hydrogens is 477 g/mol. The average molecular weight is 508 g/mol. The lowest BCUT2D eigenvalue weighted by Gasteiger charge is -2.33. The van der Waals surface area contributed by atoms with E-state index in [-0.39, 0.29) is 5.56 Å². The molecule has 0 atom stereocenters. The number of nitrogens with one attached hydrogen (secondary N) is 1. The molecule has 35 heavy (non-hydrogen) atoms. The molecule has 2 heterocycles. The monoisotopic (exact) mass is 507 g/mol. The smallest absolute Gasteiger partial charge is 0.253 e. The maximum atomic E-state index is 13.2. The van der Waals surface area contributed by atoms with Gasteiger partial charge in [0.25, 0.3) is 5.56 Å². The van der Waals surface area contributed by atoms with Crippen molar-refractivity contribution in [2.45, 2.75) is 38.9 Å². The van der Waals surface area contributed by atoms with Gasteiger partial charge >= 0.3 is 0 Å². The molecule has 0 spiro atoms. The lowest BCUT2D eigenvalue weighted by atomic mass is 10.0. The number of likely N-dealkylation sites (tertiary alicyclic amines) is 1. The van der Waals surface area contributed by atoms with Gasteiger partial charge in [-0.3, -0.25) is 9.69 Å². The number of pyridine rings is 1. The van der Waals surface area contributed by atoms with E-state index in [1.165, 1.54) is 5.56 Å². The summed E-state index contributed by atoms with van der Waals surface area (Å²) in [5, 5.41) is 6.03. The average Bonchev–Trinajstić information content (AvgIpc) is 2.84. The van der Waals surface area contributed by atoms with Gasteiger partial charge in [-0.2, -0.15) is 0 Å². The van der Waals surface area contributed by atoms with Crippen LogP contribution in [0.5, 0.6) is 0 Å². The van der Waals surface area contributed by atoms with Gasteiger partial charge in [0.1, 0.15) is 0 Å². The summed E-state index contributed by atoms with van der Waals surface area (Å²) in [6.45, 7) is 9.14. The SMILES string of the molecule is C=C/C=C(\C=C/C)Cn1c(=O)cc(NC2CCN(Cc3ccc(Cl)cc3)CC2)c2cc(Cl)ccc21. The Kier molecular flexibility index (Phi) is 8.50. The zero-order valence-electron chi connectivity index (χ0n) is 20.0. The van der Waals surface area contributed by atoms with E-state index >= 15 is 0 Å². The number of aromatic nitrogens is 1. The Hall–Kier alpha value is -2.79. The van der Waals surface area contributed by atoms with Crippen LogP contribution in [0.2, 0.25) is 10.0 Å². The predicted molar refractivity (Wildman–Crippen MR) is 150 cm³/mol. The fourth-order valence-corrected chi connectivity index (χ4v) is 4.95. The summed E-state index contributed by atoms with van der Waals surface area (Å²) < 4.78 is 1.79. The minimum Gasteiger partial charge on any atom is -0.382 e. The fraction of sp³-hybridized carbons (Fsp3) is 0.276. The van der Waals surface area contributed by atoms with E-state index in [1.54, 1.807) is 16.7 Å². The van der Waals surface area contributed by atoms with Crippen molar-refractivity contribution in [3.8, 4) is 0 Å². The molecule has 1 aliphatic heterocycles. The number of halogens is 2. The van der Waals surface area contributed by atoms with Gasteiger partial charge < -0.3 is 9.88 Å². The Morgan fingerprint density at radius 1 is 1.09 bits per heavy atom. The summed E-state index contributed by atoms with van der Waals surface area (Å²) >= 11 is 12.4. The standard InChI is InChI=1S/C29H31Cl2N3O/c1-3-5-21(6-4-2)20-34-28-12-11-24(31)17-26(28)27(18-29(34)35)32-25-13-15-33(16-14-25)19-22-7-9-23(30)10-8-22/h3-12,17-18,25,32H,1,13-16,19-20H2,2H3/b6-4-,21-5+. The van der Waals surface area contributed by atoms with Crippen LogP contribution in [0.1, 0.15) is 25.3 Å². The highest BCUT2D eigenvalue weighted by Gasteiger charge is 2.21. The van der Waals surface area contributed by atoms with Crippen molar-refractivity contribution in [2.24, 2.45) is 0 Å². The zero-order valence-corrected chi connectivity index (χ0v) is 21.5. The Morgan fingerprint density at radius 3 is 2.49 bits per heavy atom. The van der Waals surface area contributed by atoms with E-state index in [4.69, 9.17) is 23.2 Å². The van der Waals surface area contributed by atoms with Crippen molar-refractivity contribution in [1.82, 2.24) is 9.47 Å². The molecule has 4 rings (SSSR count).